The van der Waals surface area contributed by atoms with E-state index in [0.29, 0.717) is 24.3 Å². The van der Waals surface area contributed by atoms with Crippen LogP contribution >= 0.6 is 0 Å². The highest BCUT2D eigenvalue weighted by Gasteiger charge is 2.30. The third-order valence-electron chi connectivity index (χ3n) is 3.30. The van der Waals surface area contributed by atoms with Crippen LogP contribution in [0.5, 0.6) is 0 Å². The fourth-order valence-electron chi connectivity index (χ4n) is 2.19. The van der Waals surface area contributed by atoms with Gasteiger partial charge in [-0.2, -0.15) is 4.31 Å². The van der Waals surface area contributed by atoms with Gasteiger partial charge in [-0.3, -0.25) is 0 Å². The van der Waals surface area contributed by atoms with E-state index in [4.69, 9.17) is 5.73 Å². The van der Waals surface area contributed by atoms with Crippen LogP contribution in [-0.2, 0) is 10.0 Å². The molecular formula is C12H19N3O2S. The van der Waals surface area contributed by atoms with Gasteiger partial charge in [-0.25, -0.2) is 8.42 Å². The molecule has 0 unspecified atom stereocenters. The molecule has 0 saturated carbocycles. The van der Waals surface area contributed by atoms with Gasteiger partial charge in [0.2, 0.25) is 10.0 Å². The number of benzene rings is 1. The third-order valence-corrected chi connectivity index (χ3v) is 5.42. The molecule has 1 aromatic rings. The molecular weight excluding hydrogens is 250 g/mol. The molecule has 0 aromatic heterocycles. The Balaban J connectivity index is 2.37. The molecule has 1 saturated heterocycles. The minimum atomic E-state index is -3.47. The van der Waals surface area contributed by atoms with Gasteiger partial charge in [0, 0.05) is 26.2 Å². The molecule has 18 heavy (non-hydrogen) atoms. The van der Waals surface area contributed by atoms with Gasteiger partial charge in [-0.1, -0.05) is 12.1 Å². The molecule has 0 bridgehead atoms. The summed E-state index contributed by atoms with van der Waals surface area (Å²) in [6.07, 6.45) is 0. The standard InChI is InChI=1S/C12H19N3O2S/c1-10-4-3-5-11(13)12(10)18(16,17)15-8-6-14(2)7-9-15/h3-5H,6-9,13H2,1-2H3. The second-order valence-electron chi connectivity index (χ2n) is 4.70. The van der Waals surface area contributed by atoms with Crippen molar-refractivity contribution in [2.45, 2.75) is 11.8 Å². The Hall–Kier alpha value is -1.11. The number of rotatable bonds is 2. The van der Waals surface area contributed by atoms with E-state index in [1.807, 2.05) is 7.05 Å². The van der Waals surface area contributed by atoms with Gasteiger partial charge in [-0.05, 0) is 25.6 Å². The summed E-state index contributed by atoms with van der Waals surface area (Å²) in [5.74, 6) is 0. The molecule has 1 aliphatic rings. The lowest BCUT2D eigenvalue weighted by Crippen LogP contribution is -2.47. The molecule has 100 valence electrons. The molecule has 1 fully saturated rings. The fourth-order valence-corrected chi connectivity index (χ4v) is 3.93. The molecule has 0 spiro atoms. The van der Waals surface area contributed by atoms with E-state index in [1.165, 1.54) is 4.31 Å². The lowest BCUT2D eigenvalue weighted by Gasteiger charge is -2.32. The number of nitrogens with two attached hydrogens (primary N) is 1. The Labute approximate surface area is 108 Å². The minimum Gasteiger partial charge on any atom is -0.398 e. The number of aryl methyl sites for hydroxylation is 1. The first-order chi connectivity index (χ1) is 8.43. The Morgan fingerprint density at radius 1 is 1.17 bits per heavy atom. The number of hydrogen-bond acceptors (Lipinski definition) is 4. The fraction of sp³-hybridized carbons (Fsp3) is 0.500. The second-order valence-corrected chi connectivity index (χ2v) is 6.58. The van der Waals surface area contributed by atoms with Crippen molar-refractivity contribution >= 4 is 15.7 Å². The number of nitrogens with zero attached hydrogens (tertiary/aromatic N) is 2. The molecule has 0 amide bonds. The molecule has 0 aliphatic carbocycles. The summed E-state index contributed by atoms with van der Waals surface area (Å²) in [6, 6.07) is 5.18. The first kappa shape index (κ1) is 13.3. The van der Waals surface area contributed by atoms with Crippen LogP contribution < -0.4 is 5.73 Å². The second kappa shape index (κ2) is 4.87. The van der Waals surface area contributed by atoms with Crippen LogP contribution in [0.4, 0.5) is 5.69 Å². The number of likely N-dealkylation sites (N-methyl/N-ethyl adjacent to an activating group) is 1. The highest BCUT2D eigenvalue weighted by Crippen LogP contribution is 2.26. The van der Waals surface area contributed by atoms with Crippen molar-refractivity contribution in [2.75, 3.05) is 39.0 Å². The van der Waals surface area contributed by atoms with Gasteiger partial charge in [0.05, 0.1) is 5.69 Å². The van der Waals surface area contributed by atoms with Crippen molar-refractivity contribution in [1.82, 2.24) is 9.21 Å². The average molecular weight is 269 g/mol. The van der Waals surface area contributed by atoms with Gasteiger partial charge in [0.25, 0.3) is 0 Å². The van der Waals surface area contributed by atoms with Crippen molar-refractivity contribution < 1.29 is 8.42 Å². The lowest BCUT2D eigenvalue weighted by molar-refractivity contribution is 0.222. The van der Waals surface area contributed by atoms with E-state index in [-0.39, 0.29) is 4.90 Å². The quantitative estimate of drug-likeness (QED) is 0.795. The van der Waals surface area contributed by atoms with Crippen LogP contribution in [0.1, 0.15) is 5.56 Å². The Bertz CT molecular complexity index is 514. The maximum atomic E-state index is 12.6. The van der Waals surface area contributed by atoms with E-state index < -0.39 is 10.0 Å². The van der Waals surface area contributed by atoms with E-state index >= 15 is 0 Å². The summed E-state index contributed by atoms with van der Waals surface area (Å²) in [6.45, 7) is 4.33. The normalized spacial score (nSPS) is 19.0. The zero-order valence-electron chi connectivity index (χ0n) is 10.8. The summed E-state index contributed by atoms with van der Waals surface area (Å²) < 4.78 is 26.6. The zero-order valence-corrected chi connectivity index (χ0v) is 11.6. The molecule has 0 atom stereocenters. The van der Waals surface area contributed by atoms with Crippen molar-refractivity contribution in [3.63, 3.8) is 0 Å². The summed E-state index contributed by atoms with van der Waals surface area (Å²) in [5.41, 5.74) is 6.86. The SMILES string of the molecule is Cc1cccc(N)c1S(=O)(=O)N1CCN(C)CC1. The van der Waals surface area contributed by atoms with Crippen LogP contribution in [0.2, 0.25) is 0 Å². The van der Waals surface area contributed by atoms with E-state index in [2.05, 4.69) is 4.90 Å². The minimum absolute atomic E-state index is 0.259. The highest BCUT2D eigenvalue weighted by molar-refractivity contribution is 7.89. The highest BCUT2D eigenvalue weighted by atomic mass is 32.2. The van der Waals surface area contributed by atoms with Crippen LogP contribution in [-0.4, -0.2) is 50.8 Å². The monoisotopic (exact) mass is 269 g/mol. The number of anilines is 1. The smallest absolute Gasteiger partial charge is 0.245 e. The number of piperazine rings is 1. The van der Waals surface area contributed by atoms with Gasteiger partial charge in [0.15, 0.2) is 0 Å². The van der Waals surface area contributed by atoms with Gasteiger partial charge < -0.3 is 10.6 Å². The van der Waals surface area contributed by atoms with Crippen LogP contribution in [0.3, 0.4) is 0 Å². The van der Waals surface area contributed by atoms with Crippen molar-refractivity contribution in [2.24, 2.45) is 0 Å². The molecule has 1 aromatic carbocycles. The predicted octanol–water partition coefficient (Wildman–Crippen LogP) is 0.513. The first-order valence-electron chi connectivity index (χ1n) is 5.96. The topological polar surface area (TPSA) is 66.6 Å². The molecule has 1 aliphatic heterocycles. The van der Waals surface area contributed by atoms with Crippen LogP contribution in [0, 0.1) is 6.92 Å². The maximum absolute atomic E-state index is 12.6. The molecule has 5 nitrogen and oxygen atoms in total. The molecule has 1 heterocycles. The summed E-state index contributed by atoms with van der Waals surface area (Å²) in [5, 5.41) is 0. The van der Waals surface area contributed by atoms with Crippen LogP contribution in [0.15, 0.2) is 23.1 Å². The largest absolute Gasteiger partial charge is 0.398 e. The van der Waals surface area contributed by atoms with Crippen molar-refractivity contribution in [3.05, 3.63) is 23.8 Å². The van der Waals surface area contributed by atoms with E-state index in [1.54, 1.807) is 25.1 Å². The number of hydrogen-bond donors (Lipinski definition) is 1. The van der Waals surface area contributed by atoms with Gasteiger partial charge in [-0.15, -0.1) is 0 Å². The van der Waals surface area contributed by atoms with E-state index in [9.17, 15) is 8.42 Å². The van der Waals surface area contributed by atoms with Crippen molar-refractivity contribution in [3.8, 4) is 0 Å². The predicted molar refractivity (Wildman–Crippen MR) is 71.8 cm³/mol. The maximum Gasteiger partial charge on any atom is 0.245 e. The Kier molecular flexibility index (Phi) is 3.61. The number of sulfonamides is 1. The van der Waals surface area contributed by atoms with Gasteiger partial charge in [0.1, 0.15) is 4.90 Å². The number of nitrogen functional groups attached to an aromatic ring is 1. The van der Waals surface area contributed by atoms with Crippen LogP contribution in [0.25, 0.3) is 0 Å². The van der Waals surface area contributed by atoms with Crippen molar-refractivity contribution in [1.29, 1.82) is 0 Å². The van der Waals surface area contributed by atoms with E-state index in [0.717, 1.165) is 13.1 Å². The molecule has 2 N–H and O–H groups in total. The summed E-state index contributed by atoms with van der Waals surface area (Å²) in [7, 11) is -1.47. The zero-order chi connectivity index (χ0) is 13.3. The summed E-state index contributed by atoms with van der Waals surface area (Å²) in [4.78, 5) is 2.38. The third kappa shape index (κ3) is 2.36. The Morgan fingerprint density at radius 2 is 1.78 bits per heavy atom. The molecule has 2 rings (SSSR count). The molecule has 6 heteroatoms. The molecule has 0 radical (unpaired) electrons. The lowest BCUT2D eigenvalue weighted by atomic mass is 10.2. The summed E-state index contributed by atoms with van der Waals surface area (Å²) >= 11 is 0. The Morgan fingerprint density at radius 3 is 2.33 bits per heavy atom. The van der Waals surface area contributed by atoms with Gasteiger partial charge >= 0.3 is 0 Å². The first-order valence-corrected chi connectivity index (χ1v) is 7.40. The average Bonchev–Trinajstić information content (AvgIpc) is 2.29.